The summed E-state index contributed by atoms with van der Waals surface area (Å²) in [6.45, 7) is 1.61. The zero-order valence-corrected chi connectivity index (χ0v) is 13.4. The zero-order chi connectivity index (χ0) is 17.6. The van der Waals surface area contributed by atoms with Crippen molar-refractivity contribution in [2.24, 2.45) is 0 Å². The highest BCUT2D eigenvalue weighted by atomic mass is 16.5. The highest BCUT2D eigenvalue weighted by molar-refractivity contribution is 5.86. The molecule has 25 heavy (non-hydrogen) atoms. The Labute approximate surface area is 143 Å². The van der Waals surface area contributed by atoms with E-state index in [1.54, 1.807) is 6.92 Å². The van der Waals surface area contributed by atoms with Crippen molar-refractivity contribution in [3.8, 4) is 0 Å². The Morgan fingerprint density at radius 2 is 1.92 bits per heavy atom. The monoisotopic (exact) mass is 337 g/mol. The maximum atomic E-state index is 11.9. The largest absolute Gasteiger partial charge is 0.453 e. The number of aryl methyl sites for hydroxylation is 1. The molecule has 3 rings (SSSR count). The molecule has 0 bridgehead atoms. The van der Waals surface area contributed by atoms with Crippen molar-refractivity contribution in [1.29, 1.82) is 0 Å². The summed E-state index contributed by atoms with van der Waals surface area (Å²) < 4.78 is 5.14. The SMILES string of the molecule is Cc1cnc(C(=O)OCc2nc(N)nc(Nc3ccccc3)n2)cn1. The van der Waals surface area contributed by atoms with Gasteiger partial charge in [-0.05, 0) is 19.1 Å². The Kier molecular flexibility index (Phi) is 4.74. The molecule has 9 heteroatoms. The Hall–Kier alpha value is -3.62. The number of aromatic nitrogens is 5. The van der Waals surface area contributed by atoms with E-state index in [0.717, 1.165) is 5.69 Å². The van der Waals surface area contributed by atoms with Crippen LogP contribution in [-0.2, 0) is 11.3 Å². The van der Waals surface area contributed by atoms with Gasteiger partial charge in [0.15, 0.2) is 18.1 Å². The van der Waals surface area contributed by atoms with Crippen molar-refractivity contribution in [1.82, 2.24) is 24.9 Å². The van der Waals surface area contributed by atoms with Crippen LogP contribution in [0, 0.1) is 6.92 Å². The summed E-state index contributed by atoms with van der Waals surface area (Å²) in [5.74, 6) is -0.113. The summed E-state index contributed by atoms with van der Waals surface area (Å²) in [5, 5.41) is 3.01. The molecule has 2 heterocycles. The van der Waals surface area contributed by atoms with Gasteiger partial charge >= 0.3 is 5.97 Å². The predicted octanol–water partition coefficient (Wildman–Crippen LogP) is 1.65. The van der Waals surface area contributed by atoms with Gasteiger partial charge in [-0.15, -0.1) is 0 Å². The van der Waals surface area contributed by atoms with Gasteiger partial charge in [0.2, 0.25) is 11.9 Å². The normalized spacial score (nSPS) is 10.3. The lowest BCUT2D eigenvalue weighted by molar-refractivity contribution is 0.0454. The maximum Gasteiger partial charge on any atom is 0.358 e. The molecule has 0 spiro atoms. The quantitative estimate of drug-likeness (QED) is 0.667. The van der Waals surface area contributed by atoms with Crippen LogP contribution in [0.1, 0.15) is 22.0 Å². The molecule has 126 valence electrons. The van der Waals surface area contributed by atoms with E-state index in [1.165, 1.54) is 12.4 Å². The van der Waals surface area contributed by atoms with Gasteiger partial charge in [0.25, 0.3) is 0 Å². The van der Waals surface area contributed by atoms with E-state index >= 15 is 0 Å². The van der Waals surface area contributed by atoms with Gasteiger partial charge < -0.3 is 15.8 Å². The number of hydrogen-bond donors (Lipinski definition) is 2. The van der Waals surface area contributed by atoms with Crippen molar-refractivity contribution < 1.29 is 9.53 Å². The topological polar surface area (TPSA) is 129 Å². The molecule has 9 nitrogen and oxygen atoms in total. The molecule has 0 unspecified atom stereocenters. The van der Waals surface area contributed by atoms with Crippen LogP contribution in [0.4, 0.5) is 17.6 Å². The predicted molar refractivity (Wildman–Crippen MR) is 89.9 cm³/mol. The standard InChI is InChI=1S/C16H15N7O2/c1-10-7-19-12(8-18-10)14(24)25-9-13-21-15(17)23-16(22-13)20-11-5-3-2-4-6-11/h2-8H,9H2,1H3,(H3,17,20,21,22,23). The van der Waals surface area contributed by atoms with Crippen LogP contribution >= 0.6 is 0 Å². The lowest BCUT2D eigenvalue weighted by Gasteiger charge is -2.08. The van der Waals surface area contributed by atoms with E-state index in [9.17, 15) is 4.79 Å². The number of carbonyl (C=O) groups excluding carboxylic acids is 1. The molecular formula is C16H15N7O2. The van der Waals surface area contributed by atoms with Crippen molar-refractivity contribution in [3.63, 3.8) is 0 Å². The minimum Gasteiger partial charge on any atom is -0.453 e. The number of carbonyl (C=O) groups is 1. The number of hydrogen-bond acceptors (Lipinski definition) is 9. The van der Waals surface area contributed by atoms with Gasteiger partial charge in [-0.2, -0.15) is 15.0 Å². The highest BCUT2D eigenvalue weighted by Crippen LogP contribution is 2.13. The fourth-order valence-corrected chi connectivity index (χ4v) is 1.91. The molecule has 0 aliphatic heterocycles. The van der Waals surface area contributed by atoms with Crippen LogP contribution in [0.5, 0.6) is 0 Å². The number of nitrogen functional groups attached to an aromatic ring is 1. The maximum absolute atomic E-state index is 11.9. The third-order valence-corrected chi connectivity index (χ3v) is 3.05. The van der Waals surface area contributed by atoms with Gasteiger partial charge in [-0.25, -0.2) is 9.78 Å². The van der Waals surface area contributed by atoms with Crippen molar-refractivity contribution in [3.05, 3.63) is 59.9 Å². The summed E-state index contributed by atoms with van der Waals surface area (Å²) in [6.07, 6.45) is 2.83. The van der Waals surface area contributed by atoms with Crippen LogP contribution in [0.25, 0.3) is 0 Å². The van der Waals surface area contributed by atoms with Gasteiger partial charge in [0.05, 0.1) is 11.9 Å². The molecule has 0 saturated carbocycles. The number of nitrogens with two attached hydrogens (primary N) is 1. The molecule has 0 saturated heterocycles. The molecule has 0 amide bonds. The van der Waals surface area contributed by atoms with Crippen molar-refractivity contribution in [2.75, 3.05) is 11.1 Å². The molecule has 0 aliphatic carbocycles. The van der Waals surface area contributed by atoms with Crippen LogP contribution in [0.15, 0.2) is 42.7 Å². The molecule has 3 aromatic rings. The first-order valence-electron chi connectivity index (χ1n) is 7.38. The van der Waals surface area contributed by atoms with E-state index in [2.05, 4.69) is 30.2 Å². The van der Waals surface area contributed by atoms with Crippen LogP contribution < -0.4 is 11.1 Å². The number of nitrogens with one attached hydrogen (secondary N) is 1. The average molecular weight is 337 g/mol. The first-order valence-corrected chi connectivity index (χ1v) is 7.38. The molecule has 0 radical (unpaired) electrons. The number of ether oxygens (including phenoxy) is 1. The Morgan fingerprint density at radius 1 is 1.12 bits per heavy atom. The van der Waals surface area contributed by atoms with Crippen LogP contribution in [0.2, 0.25) is 0 Å². The van der Waals surface area contributed by atoms with Crippen LogP contribution in [-0.4, -0.2) is 30.9 Å². The number of benzene rings is 1. The van der Waals surface area contributed by atoms with E-state index < -0.39 is 5.97 Å². The first kappa shape index (κ1) is 16.2. The number of para-hydroxylation sites is 1. The highest BCUT2D eigenvalue weighted by Gasteiger charge is 2.12. The summed E-state index contributed by atoms with van der Waals surface area (Å²) in [7, 11) is 0. The molecule has 0 fully saturated rings. The Morgan fingerprint density at radius 3 is 2.64 bits per heavy atom. The number of rotatable bonds is 5. The second-order valence-electron chi connectivity index (χ2n) is 5.04. The minimum atomic E-state index is -0.621. The van der Waals surface area contributed by atoms with Gasteiger partial charge in [0.1, 0.15) is 0 Å². The van der Waals surface area contributed by atoms with E-state index in [0.29, 0.717) is 5.69 Å². The summed E-state index contributed by atoms with van der Waals surface area (Å²) >= 11 is 0. The van der Waals surface area contributed by atoms with Crippen LogP contribution in [0.3, 0.4) is 0 Å². The Balaban J connectivity index is 1.68. The second kappa shape index (κ2) is 7.30. The average Bonchev–Trinajstić information content (AvgIpc) is 2.61. The molecular weight excluding hydrogens is 322 g/mol. The number of nitrogens with zero attached hydrogens (tertiary/aromatic N) is 5. The van der Waals surface area contributed by atoms with E-state index in [-0.39, 0.29) is 30.0 Å². The lowest BCUT2D eigenvalue weighted by Crippen LogP contribution is -2.12. The van der Waals surface area contributed by atoms with E-state index in [1.807, 2.05) is 30.3 Å². The fourth-order valence-electron chi connectivity index (χ4n) is 1.91. The number of esters is 1. The summed E-state index contributed by atoms with van der Waals surface area (Å²) in [5.41, 5.74) is 7.29. The minimum absolute atomic E-state index is 0.0228. The van der Waals surface area contributed by atoms with Crippen molar-refractivity contribution >= 4 is 23.6 Å². The van der Waals surface area contributed by atoms with Gasteiger partial charge in [-0.1, -0.05) is 18.2 Å². The third-order valence-electron chi connectivity index (χ3n) is 3.05. The molecule has 3 N–H and O–H groups in total. The smallest absolute Gasteiger partial charge is 0.358 e. The first-order chi connectivity index (χ1) is 12.1. The summed E-state index contributed by atoms with van der Waals surface area (Å²) in [4.78, 5) is 32.0. The molecule has 2 aromatic heterocycles. The molecule has 0 aliphatic rings. The zero-order valence-electron chi connectivity index (χ0n) is 13.4. The third kappa shape index (κ3) is 4.44. The van der Waals surface area contributed by atoms with Crippen molar-refractivity contribution in [2.45, 2.75) is 13.5 Å². The lowest BCUT2D eigenvalue weighted by atomic mass is 10.3. The fraction of sp³-hybridized carbons (Fsp3) is 0.125. The number of anilines is 3. The molecule has 0 atom stereocenters. The van der Waals surface area contributed by atoms with Gasteiger partial charge in [0, 0.05) is 11.9 Å². The summed E-state index contributed by atoms with van der Waals surface area (Å²) in [6, 6.07) is 9.35. The van der Waals surface area contributed by atoms with E-state index in [4.69, 9.17) is 10.5 Å². The molecule has 1 aromatic carbocycles. The second-order valence-corrected chi connectivity index (χ2v) is 5.04. The van der Waals surface area contributed by atoms with Gasteiger partial charge in [-0.3, -0.25) is 4.98 Å². The Bertz CT molecular complexity index is 869.